The number of nitrogens with zero attached hydrogens (tertiary/aromatic N) is 4. The molecule has 4 rings (SSSR count). The van der Waals surface area contributed by atoms with Crippen LogP contribution in [0.15, 0.2) is 53.3 Å². The van der Waals surface area contributed by atoms with Gasteiger partial charge in [-0.3, -0.25) is 4.79 Å². The van der Waals surface area contributed by atoms with Gasteiger partial charge >= 0.3 is 0 Å². The first kappa shape index (κ1) is 16.8. The molecule has 1 amide bonds. The molecule has 1 aliphatic rings. The summed E-state index contributed by atoms with van der Waals surface area (Å²) in [6.07, 6.45) is 1.57. The Balaban J connectivity index is 1.53. The van der Waals surface area contributed by atoms with Crippen LogP contribution in [-0.2, 0) is 0 Å². The van der Waals surface area contributed by atoms with Crippen molar-refractivity contribution < 1.29 is 9.90 Å². The first-order valence-electron chi connectivity index (χ1n) is 8.36. The number of amides is 1. The maximum absolute atomic E-state index is 12.6. The Morgan fingerprint density at radius 2 is 1.81 bits per heavy atom. The smallest absolute Gasteiger partial charge is 0.257 e. The van der Waals surface area contributed by atoms with Gasteiger partial charge in [0.2, 0.25) is 0 Å². The molecular weight excluding hydrogens is 396 g/mol. The molecule has 1 aromatic heterocycles. The number of halogens is 1. The number of anilines is 1. The Morgan fingerprint density at radius 3 is 2.58 bits per heavy atom. The van der Waals surface area contributed by atoms with Crippen molar-refractivity contribution in [2.75, 3.05) is 31.1 Å². The third-order valence-electron chi connectivity index (χ3n) is 4.58. The summed E-state index contributed by atoms with van der Waals surface area (Å²) in [6.45, 7) is 2.51. The summed E-state index contributed by atoms with van der Waals surface area (Å²) >= 11 is 3.50. The predicted molar refractivity (Wildman–Crippen MR) is 103 cm³/mol. The second kappa shape index (κ2) is 6.92. The molecule has 7 heteroatoms. The number of carbonyl (C=O) groups is 1. The molecule has 26 heavy (non-hydrogen) atoms. The fourth-order valence-corrected chi connectivity index (χ4v) is 3.57. The molecule has 6 nitrogen and oxygen atoms in total. The molecule has 1 aliphatic heterocycles. The Hall–Kier alpha value is -2.67. The van der Waals surface area contributed by atoms with Crippen LogP contribution in [0.3, 0.4) is 0 Å². The number of para-hydroxylation sites is 1. The van der Waals surface area contributed by atoms with E-state index >= 15 is 0 Å². The van der Waals surface area contributed by atoms with Gasteiger partial charge in [-0.15, -0.1) is 0 Å². The number of rotatable bonds is 2. The fourth-order valence-electron chi connectivity index (χ4n) is 3.21. The van der Waals surface area contributed by atoms with Crippen molar-refractivity contribution in [2.24, 2.45) is 0 Å². The van der Waals surface area contributed by atoms with E-state index in [0.717, 1.165) is 21.2 Å². The molecule has 1 N–H and O–H groups in total. The molecule has 0 saturated carbocycles. The minimum absolute atomic E-state index is 0.0200. The van der Waals surface area contributed by atoms with Crippen LogP contribution in [0.4, 0.5) is 5.82 Å². The minimum atomic E-state index is -0.141. The van der Waals surface area contributed by atoms with E-state index < -0.39 is 0 Å². The van der Waals surface area contributed by atoms with Crippen LogP contribution in [0.2, 0.25) is 0 Å². The summed E-state index contributed by atoms with van der Waals surface area (Å²) in [7, 11) is 0. The Labute approximate surface area is 159 Å². The lowest BCUT2D eigenvalue weighted by atomic mass is 10.1. The van der Waals surface area contributed by atoms with E-state index in [-0.39, 0.29) is 11.7 Å². The molecule has 3 aromatic rings. The number of aromatic nitrogens is 2. The number of benzene rings is 2. The average molecular weight is 413 g/mol. The van der Waals surface area contributed by atoms with Crippen LogP contribution in [0.5, 0.6) is 5.75 Å². The number of piperazine rings is 1. The Kier molecular flexibility index (Phi) is 4.46. The standard InChI is InChI=1S/C19H17BrN4O2/c20-13-5-6-16-15(11-13)18(22-12-21-16)23-7-9-24(10-8-23)19(26)14-3-1-2-4-17(14)25/h1-6,11-12,25H,7-10H2. The number of carbonyl (C=O) groups excluding carboxylic acids is 1. The second-order valence-corrected chi connectivity index (χ2v) is 7.07. The lowest BCUT2D eigenvalue weighted by Gasteiger charge is -2.35. The highest BCUT2D eigenvalue weighted by molar-refractivity contribution is 9.10. The normalized spacial score (nSPS) is 14.7. The largest absolute Gasteiger partial charge is 0.507 e. The molecule has 0 unspecified atom stereocenters. The van der Waals surface area contributed by atoms with Gasteiger partial charge in [0, 0.05) is 36.0 Å². The van der Waals surface area contributed by atoms with Crippen LogP contribution >= 0.6 is 15.9 Å². The first-order valence-corrected chi connectivity index (χ1v) is 9.15. The monoisotopic (exact) mass is 412 g/mol. The van der Waals surface area contributed by atoms with Crippen LogP contribution in [0.1, 0.15) is 10.4 Å². The van der Waals surface area contributed by atoms with E-state index in [1.165, 1.54) is 6.07 Å². The number of hydrogen-bond acceptors (Lipinski definition) is 5. The molecule has 0 aliphatic carbocycles. The third kappa shape index (κ3) is 3.10. The highest BCUT2D eigenvalue weighted by Gasteiger charge is 2.25. The summed E-state index contributed by atoms with van der Waals surface area (Å²) in [4.78, 5) is 25.4. The number of phenolic OH excluding ortho intramolecular Hbond substituents is 1. The highest BCUT2D eigenvalue weighted by atomic mass is 79.9. The fraction of sp³-hybridized carbons (Fsp3) is 0.211. The van der Waals surface area contributed by atoms with E-state index in [1.54, 1.807) is 29.4 Å². The molecule has 2 heterocycles. The zero-order chi connectivity index (χ0) is 18.1. The van der Waals surface area contributed by atoms with Crippen molar-refractivity contribution in [3.05, 3.63) is 58.8 Å². The SMILES string of the molecule is O=C(c1ccccc1O)N1CCN(c2ncnc3ccc(Br)cc23)CC1. The molecule has 0 spiro atoms. The number of phenols is 1. The van der Waals surface area contributed by atoms with E-state index in [4.69, 9.17) is 0 Å². The van der Waals surface area contributed by atoms with Gasteiger partial charge in [0.25, 0.3) is 5.91 Å². The van der Waals surface area contributed by atoms with Gasteiger partial charge < -0.3 is 14.9 Å². The van der Waals surface area contributed by atoms with Crippen LogP contribution in [-0.4, -0.2) is 52.1 Å². The van der Waals surface area contributed by atoms with E-state index in [2.05, 4.69) is 30.8 Å². The van der Waals surface area contributed by atoms with Crippen molar-refractivity contribution in [1.29, 1.82) is 0 Å². The minimum Gasteiger partial charge on any atom is -0.507 e. The third-order valence-corrected chi connectivity index (χ3v) is 5.07. The van der Waals surface area contributed by atoms with Gasteiger partial charge in [-0.2, -0.15) is 0 Å². The summed E-state index contributed by atoms with van der Waals surface area (Å²) in [5, 5.41) is 10.9. The maximum atomic E-state index is 12.6. The van der Waals surface area contributed by atoms with Crippen molar-refractivity contribution in [1.82, 2.24) is 14.9 Å². The molecule has 1 saturated heterocycles. The topological polar surface area (TPSA) is 69.6 Å². The summed E-state index contributed by atoms with van der Waals surface area (Å²) in [5.74, 6) is 0.760. The van der Waals surface area contributed by atoms with Crippen molar-refractivity contribution in [3.8, 4) is 5.75 Å². The van der Waals surface area contributed by atoms with Crippen molar-refractivity contribution in [3.63, 3.8) is 0 Å². The van der Waals surface area contributed by atoms with Crippen molar-refractivity contribution >= 4 is 38.6 Å². The van der Waals surface area contributed by atoms with Gasteiger partial charge in [0.1, 0.15) is 17.9 Å². The van der Waals surface area contributed by atoms with Crippen LogP contribution < -0.4 is 4.90 Å². The Morgan fingerprint density at radius 1 is 1.04 bits per heavy atom. The van der Waals surface area contributed by atoms with E-state index in [0.29, 0.717) is 31.7 Å². The molecule has 132 valence electrons. The molecule has 0 radical (unpaired) electrons. The zero-order valence-electron chi connectivity index (χ0n) is 14.0. The lowest BCUT2D eigenvalue weighted by molar-refractivity contribution is 0.0743. The van der Waals surface area contributed by atoms with E-state index in [9.17, 15) is 9.90 Å². The summed E-state index contributed by atoms with van der Waals surface area (Å²) < 4.78 is 0.981. The molecule has 2 aromatic carbocycles. The quantitative estimate of drug-likeness (QED) is 0.700. The molecule has 0 bridgehead atoms. The highest BCUT2D eigenvalue weighted by Crippen LogP contribution is 2.27. The molecule has 0 atom stereocenters. The van der Waals surface area contributed by atoms with Crippen LogP contribution in [0, 0.1) is 0 Å². The van der Waals surface area contributed by atoms with Gasteiger partial charge in [0.15, 0.2) is 0 Å². The lowest BCUT2D eigenvalue weighted by Crippen LogP contribution is -2.49. The van der Waals surface area contributed by atoms with Gasteiger partial charge in [-0.1, -0.05) is 28.1 Å². The summed E-state index contributed by atoms with van der Waals surface area (Å²) in [6, 6.07) is 12.6. The Bertz CT molecular complexity index is 971. The van der Waals surface area contributed by atoms with Crippen LogP contribution in [0.25, 0.3) is 10.9 Å². The number of aromatic hydroxyl groups is 1. The van der Waals surface area contributed by atoms with Gasteiger partial charge in [0.05, 0.1) is 11.1 Å². The zero-order valence-corrected chi connectivity index (χ0v) is 15.6. The predicted octanol–water partition coefficient (Wildman–Crippen LogP) is 3.06. The average Bonchev–Trinajstić information content (AvgIpc) is 2.67. The first-order chi connectivity index (χ1) is 12.6. The van der Waals surface area contributed by atoms with Crippen molar-refractivity contribution in [2.45, 2.75) is 0 Å². The number of hydrogen-bond donors (Lipinski definition) is 1. The van der Waals surface area contributed by atoms with Gasteiger partial charge in [-0.05, 0) is 30.3 Å². The maximum Gasteiger partial charge on any atom is 0.257 e. The second-order valence-electron chi connectivity index (χ2n) is 6.16. The van der Waals surface area contributed by atoms with Gasteiger partial charge in [-0.25, -0.2) is 9.97 Å². The molecule has 1 fully saturated rings. The molecular formula is C19H17BrN4O2. The number of fused-ring (bicyclic) bond motifs is 1. The van der Waals surface area contributed by atoms with E-state index in [1.807, 2.05) is 18.2 Å². The summed E-state index contributed by atoms with van der Waals surface area (Å²) in [5.41, 5.74) is 1.24.